The SMILES string of the molecule is O=C1N/C(=C\c2ccc(OCc3ccccc3Cl)c(Br)c2)C(=O)N1Cc1ccc(Cl)cc1. The first-order valence-electron chi connectivity index (χ1n) is 9.65. The van der Waals surface area contributed by atoms with Crippen molar-refractivity contribution in [3.63, 3.8) is 0 Å². The first-order valence-corrected chi connectivity index (χ1v) is 11.2. The van der Waals surface area contributed by atoms with Crippen molar-refractivity contribution in [1.82, 2.24) is 10.2 Å². The van der Waals surface area contributed by atoms with Crippen molar-refractivity contribution in [2.24, 2.45) is 0 Å². The molecule has 1 heterocycles. The summed E-state index contributed by atoms with van der Waals surface area (Å²) in [7, 11) is 0. The van der Waals surface area contributed by atoms with Crippen molar-refractivity contribution in [3.05, 3.63) is 104 Å². The van der Waals surface area contributed by atoms with Crippen LogP contribution < -0.4 is 10.1 Å². The summed E-state index contributed by atoms with van der Waals surface area (Å²) in [5.41, 5.74) is 2.63. The molecular weight excluding hydrogens is 515 g/mol. The van der Waals surface area contributed by atoms with Crippen molar-refractivity contribution in [2.75, 3.05) is 0 Å². The number of hydrogen-bond donors (Lipinski definition) is 1. The van der Waals surface area contributed by atoms with Gasteiger partial charge in [0.05, 0.1) is 11.0 Å². The van der Waals surface area contributed by atoms with E-state index in [4.69, 9.17) is 27.9 Å². The molecular formula is C24H17BrCl2N2O3. The van der Waals surface area contributed by atoms with Gasteiger partial charge in [0, 0.05) is 15.6 Å². The molecule has 0 saturated carbocycles. The molecule has 8 heteroatoms. The van der Waals surface area contributed by atoms with Crippen molar-refractivity contribution >= 4 is 57.1 Å². The second-order valence-electron chi connectivity index (χ2n) is 7.08. The van der Waals surface area contributed by atoms with Gasteiger partial charge in [0.15, 0.2) is 0 Å². The Morgan fingerprint density at radius 3 is 2.47 bits per heavy atom. The fourth-order valence-electron chi connectivity index (χ4n) is 3.15. The summed E-state index contributed by atoms with van der Waals surface area (Å²) in [5, 5.41) is 3.87. The Kier molecular flexibility index (Phi) is 6.84. The molecule has 1 fully saturated rings. The highest BCUT2D eigenvalue weighted by Gasteiger charge is 2.33. The van der Waals surface area contributed by atoms with Crippen LogP contribution in [-0.4, -0.2) is 16.8 Å². The number of carbonyl (C=O) groups is 2. The van der Waals surface area contributed by atoms with Gasteiger partial charge in [0.2, 0.25) is 0 Å². The number of nitrogens with zero attached hydrogens (tertiary/aromatic N) is 1. The van der Waals surface area contributed by atoms with Gasteiger partial charge in [-0.3, -0.25) is 9.69 Å². The zero-order valence-corrected chi connectivity index (χ0v) is 19.7. The number of carbonyl (C=O) groups excluding carboxylic acids is 2. The van der Waals surface area contributed by atoms with Crippen LogP contribution in [0.4, 0.5) is 4.79 Å². The molecule has 1 N–H and O–H groups in total. The molecule has 3 amide bonds. The van der Waals surface area contributed by atoms with Gasteiger partial charge in [0.1, 0.15) is 18.1 Å². The van der Waals surface area contributed by atoms with Gasteiger partial charge in [-0.15, -0.1) is 0 Å². The molecule has 3 aromatic rings. The molecule has 0 bridgehead atoms. The van der Waals surface area contributed by atoms with E-state index in [0.717, 1.165) is 21.6 Å². The third kappa shape index (κ3) is 5.15. The monoisotopic (exact) mass is 530 g/mol. The van der Waals surface area contributed by atoms with Gasteiger partial charge in [-0.1, -0.05) is 59.6 Å². The molecule has 0 unspecified atom stereocenters. The predicted octanol–water partition coefficient (Wildman–Crippen LogP) is 6.43. The lowest BCUT2D eigenvalue weighted by atomic mass is 10.1. The normalized spacial score (nSPS) is 14.7. The fourth-order valence-corrected chi connectivity index (χ4v) is 3.98. The highest BCUT2D eigenvalue weighted by molar-refractivity contribution is 9.10. The molecule has 1 aliphatic rings. The molecule has 32 heavy (non-hydrogen) atoms. The van der Waals surface area contributed by atoms with Crippen LogP contribution in [0.15, 0.2) is 76.9 Å². The second-order valence-corrected chi connectivity index (χ2v) is 8.77. The highest BCUT2D eigenvalue weighted by atomic mass is 79.9. The van der Waals surface area contributed by atoms with Crippen LogP contribution in [0.25, 0.3) is 6.08 Å². The Bertz CT molecular complexity index is 1210. The number of rotatable bonds is 6. The number of urea groups is 1. The van der Waals surface area contributed by atoms with Crippen LogP contribution in [0.1, 0.15) is 16.7 Å². The Morgan fingerprint density at radius 1 is 1.00 bits per heavy atom. The maximum Gasteiger partial charge on any atom is 0.329 e. The molecule has 3 aromatic carbocycles. The van der Waals surface area contributed by atoms with Crippen LogP contribution >= 0.6 is 39.1 Å². The lowest BCUT2D eigenvalue weighted by molar-refractivity contribution is -0.123. The van der Waals surface area contributed by atoms with E-state index in [0.29, 0.717) is 26.9 Å². The maximum atomic E-state index is 12.7. The van der Waals surface area contributed by atoms with E-state index in [1.54, 1.807) is 42.5 Å². The largest absolute Gasteiger partial charge is 0.488 e. The molecule has 0 spiro atoms. The van der Waals surface area contributed by atoms with Crippen LogP contribution in [0.5, 0.6) is 5.75 Å². The molecule has 5 nitrogen and oxygen atoms in total. The van der Waals surface area contributed by atoms with Crippen LogP contribution in [-0.2, 0) is 17.9 Å². The van der Waals surface area contributed by atoms with E-state index in [2.05, 4.69) is 21.2 Å². The van der Waals surface area contributed by atoms with Crippen LogP contribution in [0, 0.1) is 0 Å². The zero-order valence-electron chi connectivity index (χ0n) is 16.6. The zero-order chi connectivity index (χ0) is 22.7. The summed E-state index contributed by atoms with van der Waals surface area (Å²) < 4.78 is 6.57. The van der Waals surface area contributed by atoms with E-state index in [9.17, 15) is 9.59 Å². The van der Waals surface area contributed by atoms with Crippen molar-refractivity contribution in [2.45, 2.75) is 13.2 Å². The Morgan fingerprint density at radius 2 is 1.75 bits per heavy atom. The van der Waals surface area contributed by atoms with Crippen LogP contribution in [0.3, 0.4) is 0 Å². The third-order valence-electron chi connectivity index (χ3n) is 4.82. The summed E-state index contributed by atoms with van der Waals surface area (Å²) in [6, 6.07) is 19.4. The topological polar surface area (TPSA) is 58.6 Å². The first-order chi connectivity index (χ1) is 15.4. The van der Waals surface area contributed by atoms with Crippen molar-refractivity contribution < 1.29 is 14.3 Å². The summed E-state index contributed by atoms with van der Waals surface area (Å²) in [6.45, 7) is 0.491. The van der Waals surface area contributed by atoms with Gasteiger partial charge in [-0.2, -0.15) is 0 Å². The van der Waals surface area contributed by atoms with E-state index in [1.807, 2.05) is 30.3 Å². The minimum atomic E-state index is -0.463. The Balaban J connectivity index is 1.45. The lowest BCUT2D eigenvalue weighted by Crippen LogP contribution is -2.30. The standard InChI is InChI=1S/C24H17BrCl2N2O3/c25-19-11-16(7-10-22(19)32-14-17-3-1-2-4-20(17)27)12-21-23(30)29(24(31)28-21)13-15-5-8-18(26)9-6-15/h1-12H,13-14H2,(H,28,31)/b21-12-. The predicted molar refractivity (Wildman–Crippen MR) is 128 cm³/mol. The minimum absolute atomic E-state index is 0.164. The first kappa shape index (κ1) is 22.4. The average molecular weight is 532 g/mol. The van der Waals surface area contributed by atoms with Gasteiger partial charge >= 0.3 is 6.03 Å². The van der Waals surface area contributed by atoms with E-state index in [-0.39, 0.29) is 18.1 Å². The molecule has 0 atom stereocenters. The Hall–Kier alpha value is -2.80. The molecule has 0 aromatic heterocycles. The molecule has 162 valence electrons. The van der Waals surface area contributed by atoms with E-state index < -0.39 is 6.03 Å². The Labute approximate surface area is 203 Å². The fraction of sp³-hybridized carbons (Fsp3) is 0.0833. The average Bonchev–Trinajstić information content (AvgIpc) is 3.03. The number of benzene rings is 3. The highest BCUT2D eigenvalue weighted by Crippen LogP contribution is 2.29. The number of amides is 3. The third-order valence-corrected chi connectivity index (χ3v) is 6.06. The van der Waals surface area contributed by atoms with Crippen molar-refractivity contribution in [3.8, 4) is 5.75 Å². The second kappa shape index (κ2) is 9.77. The summed E-state index contributed by atoms with van der Waals surface area (Å²) in [4.78, 5) is 26.2. The molecule has 1 saturated heterocycles. The molecule has 1 aliphatic heterocycles. The van der Waals surface area contributed by atoms with Gasteiger partial charge in [-0.25, -0.2) is 4.79 Å². The molecule has 0 radical (unpaired) electrons. The van der Waals surface area contributed by atoms with Gasteiger partial charge < -0.3 is 10.1 Å². The smallest absolute Gasteiger partial charge is 0.329 e. The summed E-state index contributed by atoms with van der Waals surface area (Å²) in [5.74, 6) is 0.248. The van der Waals surface area contributed by atoms with Gasteiger partial charge in [-0.05, 0) is 63.5 Å². The van der Waals surface area contributed by atoms with Crippen LogP contribution in [0.2, 0.25) is 10.0 Å². The number of nitrogens with one attached hydrogen (secondary N) is 1. The van der Waals surface area contributed by atoms with Gasteiger partial charge in [0.25, 0.3) is 5.91 Å². The number of ether oxygens (including phenoxy) is 1. The molecule has 0 aliphatic carbocycles. The van der Waals surface area contributed by atoms with E-state index in [1.165, 1.54) is 0 Å². The number of imide groups is 1. The van der Waals surface area contributed by atoms with E-state index >= 15 is 0 Å². The summed E-state index contributed by atoms with van der Waals surface area (Å²) in [6.07, 6.45) is 1.63. The maximum absolute atomic E-state index is 12.7. The lowest BCUT2D eigenvalue weighted by Gasteiger charge is -2.11. The minimum Gasteiger partial charge on any atom is -0.488 e. The number of hydrogen-bond acceptors (Lipinski definition) is 3. The number of halogens is 3. The summed E-state index contributed by atoms with van der Waals surface area (Å²) >= 11 is 15.6. The van der Waals surface area contributed by atoms with Crippen molar-refractivity contribution in [1.29, 1.82) is 0 Å². The quantitative estimate of drug-likeness (QED) is 0.294. The molecule has 4 rings (SSSR count).